The van der Waals surface area contributed by atoms with Gasteiger partial charge in [-0.1, -0.05) is 24.3 Å². The molecule has 3 N–H and O–H groups in total. The minimum atomic E-state index is -0.968. The number of ether oxygens (including phenoxy) is 2. The normalized spacial score (nSPS) is 10.7. The SMILES string of the molecule is O=C(O)c1cccc(COc2ccc(-c3cc(-c4ccc(OCc5cccc(C(=O)O)c5)cc4)[nH]n3)cc2)c1. The summed E-state index contributed by atoms with van der Waals surface area (Å²) in [5.74, 6) is -0.598. The molecule has 0 bridgehead atoms. The van der Waals surface area contributed by atoms with E-state index in [4.69, 9.17) is 19.7 Å². The van der Waals surface area contributed by atoms with Gasteiger partial charge in [0.15, 0.2) is 0 Å². The van der Waals surface area contributed by atoms with Gasteiger partial charge in [0.25, 0.3) is 0 Å². The van der Waals surface area contributed by atoms with Gasteiger partial charge in [0.05, 0.1) is 22.5 Å². The smallest absolute Gasteiger partial charge is 0.335 e. The zero-order chi connectivity index (χ0) is 27.2. The fraction of sp³-hybridized carbons (Fsp3) is 0.0645. The average Bonchev–Trinajstić information content (AvgIpc) is 3.46. The van der Waals surface area contributed by atoms with Crippen LogP contribution in [0.3, 0.4) is 0 Å². The lowest BCUT2D eigenvalue weighted by Crippen LogP contribution is -2.00. The minimum Gasteiger partial charge on any atom is -0.489 e. The second-order valence-corrected chi connectivity index (χ2v) is 8.80. The molecule has 0 amide bonds. The van der Waals surface area contributed by atoms with Gasteiger partial charge in [0.1, 0.15) is 24.7 Å². The highest BCUT2D eigenvalue weighted by atomic mass is 16.5. The molecule has 0 fully saturated rings. The molecular weight excluding hydrogens is 496 g/mol. The van der Waals surface area contributed by atoms with Crippen LogP contribution < -0.4 is 9.47 Å². The first-order valence-corrected chi connectivity index (χ1v) is 12.1. The molecule has 5 rings (SSSR count). The zero-order valence-corrected chi connectivity index (χ0v) is 20.7. The van der Waals surface area contributed by atoms with Gasteiger partial charge < -0.3 is 19.7 Å². The van der Waals surface area contributed by atoms with Crippen LogP contribution in [-0.4, -0.2) is 32.3 Å². The number of rotatable bonds is 10. The molecule has 0 unspecified atom stereocenters. The molecule has 0 saturated heterocycles. The molecule has 0 atom stereocenters. The molecule has 8 heteroatoms. The van der Waals surface area contributed by atoms with Crippen molar-refractivity contribution in [2.24, 2.45) is 0 Å². The number of nitrogens with zero attached hydrogens (tertiary/aromatic N) is 1. The Balaban J connectivity index is 1.18. The van der Waals surface area contributed by atoms with Crippen LogP contribution in [0, 0.1) is 0 Å². The van der Waals surface area contributed by atoms with Crippen LogP contribution in [0.15, 0.2) is 103 Å². The van der Waals surface area contributed by atoms with E-state index in [1.807, 2.05) is 66.7 Å². The third kappa shape index (κ3) is 6.31. The maximum Gasteiger partial charge on any atom is 0.335 e. The van der Waals surface area contributed by atoms with Gasteiger partial charge in [-0.3, -0.25) is 5.10 Å². The van der Waals surface area contributed by atoms with Crippen LogP contribution in [0.4, 0.5) is 0 Å². The third-order valence-corrected chi connectivity index (χ3v) is 6.05. The van der Waals surface area contributed by atoms with Crippen LogP contribution >= 0.6 is 0 Å². The highest BCUT2D eigenvalue weighted by Crippen LogP contribution is 2.27. The lowest BCUT2D eigenvalue weighted by Gasteiger charge is -2.08. The average molecular weight is 521 g/mol. The maximum absolute atomic E-state index is 11.1. The molecule has 1 aromatic heterocycles. The molecule has 39 heavy (non-hydrogen) atoms. The van der Waals surface area contributed by atoms with Crippen molar-refractivity contribution in [3.63, 3.8) is 0 Å². The number of H-pyrrole nitrogens is 1. The number of hydrogen-bond acceptors (Lipinski definition) is 5. The van der Waals surface area contributed by atoms with E-state index in [0.29, 0.717) is 11.5 Å². The monoisotopic (exact) mass is 520 g/mol. The number of nitrogens with one attached hydrogen (secondary N) is 1. The fourth-order valence-electron chi connectivity index (χ4n) is 3.99. The Hall–Kier alpha value is -5.37. The number of benzene rings is 4. The molecule has 0 saturated carbocycles. The van der Waals surface area contributed by atoms with Crippen LogP contribution in [-0.2, 0) is 13.2 Å². The van der Waals surface area contributed by atoms with Crippen molar-refractivity contribution in [3.8, 4) is 34.0 Å². The molecule has 0 aliphatic heterocycles. The second kappa shape index (κ2) is 11.4. The van der Waals surface area contributed by atoms with Crippen molar-refractivity contribution < 1.29 is 29.3 Å². The number of carboxylic acids is 2. The Bertz CT molecular complexity index is 1490. The number of aromatic nitrogens is 2. The summed E-state index contributed by atoms with van der Waals surface area (Å²) in [5, 5.41) is 25.8. The zero-order valence-electron chi connectivity index (χ0n) is 20.7. The van der Waals surface area contributed by atoms with E-state index < -0.39 is 11.9 Å². The van der Waals surface area contributed by atoms with Crippen molar-refractivity contribution in [1.82, 2.24) is 10.2 Å². The van der Waals surface area contributed by atoms with Gasteiger partial charge in [-0.25, -0.2) is 9.59 Å². The first-order valence-electron chi connectivity index (χ1n) is 12.1. The van der Waals surface area contributed by atoms with E-state index in [0.717, 1.165) is 33.6 Å². The summed E-state index contributed by atoms with van der Waals surface area (Å²) >= 11 is 0. The summed E-state index contributed by atoms with van der Waals surface area (Å²) in [6.45, 7) is 0.532. The Morgan fingerprint density at radius 1 is 0.641 bits per heavy atom. The van der Waals surface area contributed by atoms with Crippen molar-refractivity contribution in [2.45, 2.75) is 13.2 Å². The Morgan fingerprint density at radius 2 is 1.13 bits per heavy atom. The predicted molar refractivity (Wildman–Crippen MR) is 145 cm³/mol. The van der Waals surface area contributed by atoms with Gasteiger partial charge in [0.2, 0.25) is 0 Å². The van der Waals surface area contributed by atoms with Crippen molar-refractivity contribution >= 4 is 11.9 Å². The van der Waals surface area contributed by atoms with Gasteiger partial charge in [-0.15, -0.1) is 0 Å². The number of carboxylic acid groups (broad SMARTS) is 2. The van der Waals surface area contributed by atoms with E-state index in [1.54, 1.807) is 36.4 Å². The van der Waals surface area contributed by atoms with E-state index >= 15 is 0 Å². The topological polar surface area (TPSA) is 122 Å². The Kier molecular flexibility index (Phi) is 7.36. The summed E-state index contributed by atoms with van der Waals surface area (Å²) in [4.78, 5) is 22.3. The number of carbonyl (C=O) groups is 2. The second-order valence-electron chi connectivity index (χ2n) is 8.80. The molecule has 5 aromatic rings. The minimum absolute atomic E-state index is 0.228. The van der Waals surface area contributed by atoms with Crippen molar-refractivity contribution in [3.05, 3.63) is 125 Å². The van der Waals surface area contributed by atoms with E-state index in [2.05, 4.69) is 10.2 Å². The first-order chi connectivity index (χ1) is 18.9. The molecular formula is C31H24N2O6. The van der Waals surface area contributed by atoms with Crippen LogP contribution in [0.25, 0.3) is 22.5 Å². The van der Waals surface area contributed by atoms with Gasteiger partial charge in [-0.05, 0) is 95.6 Å². The third-order valence-electron chi connectivity index (χ3n) is 6.05. The molecule has 8 nitrogen and oxygen atoms in total. The number of aromatic carboxylic acids is 2. The molecule has 0 radical (unpaired) electrons. The standard InChI is InChI=1S/C31H24N2O6/c34-30(35)24-5-1-3-20(15-24)18-38-26-11-7-22(8-12-26)28-17-29(33-32-28)23-9-13-27(14-10-23)39-19-21-4-2-6-25(16-21)31(36)37/h1-17H,18-19H2,(H,32,33)(H,34,35)(H,36,37). The van der Waals surface area contributed by atoms with Crippen molar-refractivity contribution in [1.29, 1.82) is 0 Å². The lowest BCUT2D eigenvalue weighted by atomic mass is 10.1. The fourth-order valence-corrected chi connectivity index (χ4v) is 3.99. The van der Waals surface area contributed by atoms with E-state index in [-0.39, 0.29) is 24.3 Å². The van der Waals surface area contributed by atoms with Gasteiger partial charge in [-0.2, -0.15) is 5.10 Å². The Labute approximate surface area is 224 Å². The van der Waals surface area contributed by atoms with Gasteiger partial charge >= 0.3 is 11.9 Å². The molecule has 0 aliphatic carbocycles. The maximum atomic E-state index is 11.1. The molecule has 1 heterocycles. The molecule has 0 spiro atoms. The molecule has 4 aromatic carbocycles. The largest absolute Gasteiger partial charge is 0.489 e. The lowest BCUT2D eigenvalue weighted by molar-refractivity contribution is 0.0686. The number of hydrogen-bond donors (Lipinski definition) is 3. The van der Waals surface area contributed by atoms with Crippen molar-refractivity contribution in [2.75, 3.05) is 0 Å². The van der Waals surface area contributed by atoms with E-state index in [9.17, 15) is 9.59 Å². The van der Waals surface area contributed by atoms with Crippen LogP contribution in [0.5, 0.6) is 11.5 Å². The summed E-state index contributed by atoms with van der Waals surface area (Å²) in [5.41, 5.74) is 5.51. The summed E-state index contributed by atoms with van der Waals surface area (Å²) in [6, 6.07) is 30.4. The van der Waals surface area contributed by atoms with Crippen LogP contribution in [0.1, 0.15) is 31.8 Å². The predicted octanol–water partition coefficient (Wildman–Crippen LogP) is 6.30. The highest BCUT2D eigenvalue weighted by Gasteiger charge is 2.09. The van der Waals surface area contributed by atoms with E-state index in [1.165, 1.54) is 0 Å². The van der Waals surface area contributed by atoms with Gasteiger partial charge in [0, 0.05) is 5.56 Å². The summed E-state index contributed by atoms with van der Waals surface area (Å²) < 4.78 is 11.6. The summed E-state index contributed by atoms with van der Waals surface area (Å²) in [6.07, 6.45) is 0. The van der Waals surface area contributed by atoms with Crippen LogP contribution in [0.2, 0.25) is 0 Å². The Morgan fingerprint density at radius 3 is 1.62 bits per heavy atom. The summed E-state index contributed by atoms with van der Waals surface area (Å²) in [7, 11) is 0. The number of aromatic amines is 1. The highest BCUT2D eigenvalue weighted by molar-refractivity contribution is 5.88. The molecule has 194 valence electrons. The first kappa shape index (κ1) is 25.3. The molecule has 0 aliphatic rings. The quantitative estimate of drug-likeness (QED) is 0.198.